The molecule has 78 valence electrons. The van der Waals surface area contributed by atoms with Gasteiger partial charge < -0.3 is 9.47 Å². The van der Waals surface area contributed by atoms with E-state index in [0.717, 1.165) is 5.56 Å². The van der Waals surface area contributed by atoms with Crippen LogP contribution in [0.25, 0.3) is 0 Å². The van der Waals surface area contributed by atoms with E-state index in [1.54, 1.807) is 19.1 Å². The highest BCUT2D eigenvalue weighted by Crippen LogP contribution is 2.26. The molecular weight excluding hydrogens is 194 g/mol. The number of aryl methyl sites for hydroxylation is 1. The summed E-state index contributed by atoms with van der Waals surface area (Å²) in [6.45, 7) is 1.80. The van der Waals surface area contributed by atoms with Gasteiger partial charge in [-0.15, -0.1) is 0 Å². The standard InChI is InChI=1S/C11H11NO3/c1-7-4-5-8(6-12)9(10(7)14-2)11(13)15-3/h4-5H,1-3H3. The zero-order chi connectivity index (χ0) is 11.4. The number of ether oxygens (including phenoxy) is 2. The van der Waals surface area contributed by atoms with Crippen molar-refractivity contribution in [2.75, 3.05) is 14.2 Å². The van der Waals surface area contributed by atoms with Crippen LogP contribution >= 0.6 is 0 Å². The molecular formula is C11H11NO3. The Hall–Kier alpha value is -2.02. The third kappa shape index (κ3) is 1.91. The average molecular weight is 205 g/mol. The Balaban J connectivity index is 3.49. The number of methoxy groups -OCH3 is 2. The van der Waals surface area contributed by atoms with Crippen molar-refractivity contribution in [2.45, 2.75) is 6.92 Å². The number of carbonyl (C=O) groups is 1. The molecule has 0 unspecified atom stereocenters. The Morgan fingerprint density at radius 2 is 2.07 bits per heavy atom. The Bertz CT molecular complexity index is 432. The largest absolute Gasteiger partial charge is 0.496 e. The van der Waals surface area contributed by atoms with Crippen LogP contribution in [0.15, 0.2) is 12.1 Å². The van der Waals surface area contributed by atoms with Gasteiger partial charge in [0.05, 0.1) is 19.8 Å². The van der Waals surface area contributed by atoms with Crippen LogP contribution in [0.1, 0.15) is 21.5 Å². The van der Waals surface area contributed by atoms with E-state index >= 15 is 0 Å². The highest BCUT2D eigenvalue weighted by atomic mass is 16.5. The van der Waals surface area contributed by atoms with E-state index in [4.69, 9.17) is 10.00 Å². The molecule has 0 radical (unpaired) electrons. The Kier molecular flexibility index (Phi) is 3.29. The van der Waals surface area contributed by atoms with Crippen molar-refractivity contribution in [3.8, 4) is 11.8 Å². The fourth-order valence-corrected chi connectivity index (χ4v) is 1.35. The van der Waals surface area contributed by atoms with E-state index in [9.17, 15) is 4.79 Å². The first-order valence-corrected chi connectivity index (χ1v) is 4.31. The molecule has 0 atom stereocenters. The van der Waals surface area contributed by atoms with Crippen molar-refractivity contribution in [2.24, 2.45) is 0 Å². The molecule has 1 aromatic carbocycles. The van der Waals surface area contributed by atoms with Crippen LogP contribution in [0.2, 0.25) is 0 Å². The summed E-state index contributed by atoms with van der Waals surface area (Å²) in [6, 6.07) is 5.23. The highest BCUT2D eigenvalue weighted by Gasteiger charge is 2.19. The van der Waals surface area contributed by atoms with Crippen molar-refractivity contribution in [1.29, 1.82) is 5.26 Å². The predicted octanol–water partition coefficient (Wildman–Crippen LogP) is 1.66. The summed E-state index contributed by atoms with van der Waals surface area (Å²) in [5, 5.41) is 8.86. The summed E-state index contributed by atoms with van der Waals surface area (Å²) in [5.74, 6) is -0.173. The smallest absolute Gasteiger partial charge is 0.343 e. The molecule has 0 N–H and O–H groups in total. The maximum absolute atomic E-state index is 11.5. The van der Waals surface area contributed by atoms with Gasteiger partial charge in [0.15, 0.2) is 0 Å². The third-order valence-electron chi connectivity index (χ3n) is 2.07. The van der Waals surface area contributed by atoms with Gasteiger partial charge in [0.1, 0.15) is 17.4 Å². The van der Waals surface area contributed by atoms with Gasteiger partial charge in [-0.3, -0.25) is 0 Å². The number of hydrogen-bond donors (Lipinski definition) is 0. The maximum atomic E-state index is 11.5. The van der Waals surface area contributed by atoms with Crippen molar-refractivity contribution >= 4 is 5.97 Å². The normalized spacial score (nSPS) is 9.20. The highest BCUT2D eigenvalue weighted by molar-refractivity contribution is 5.95. The molecule has 4 heteroatoms. The van der Waals surface area contributed by atoms with Gasteiger partial charge in [0, 0.05) is 0 Å². The van der Waals surface area contributed by atoms with E-state index < -0.39 is 5.97 Å². The lowest BCUT2D eigenvalue weighted by molar-refractivity contribution is 0.0596. The summed E-state index contributed by atoms with van der Waals surface area (Å²) in [7, 11) is 2.72. The molecule has 1 aromatic rings. The second-order valence-electron chi connectivity index (χ2n) is 2.94. The number of hydrogen-bond acceptors (Lipinski definition) is 4. The van der Waals surface area contributed by atoms with E-state index in [1.165, 1.54) is 14.2 Å². The molecule has 0 aliphatic carbocycles. The lowest BCUT2D eigenvalue weighted by Crippen LogP contribution is -2.08. The molecule has 0 heterocycles. The van der Waals surface area contributed by atoms with E-state index in [1.807, 2.05) is 6.07 Å². The molecule has 0 saturated carbocycles. The van der Waals surface area contributed by atoms with E-state index in [0.29, 0.717) is 5.75 Å². The molecule has 0 bridgehead atoms. The number of esters is 1. The lowest BCUT2D eigenvalue weighted by atomic mass is 10.0. The quantitative estimate of drug-likeness (QED) is 0.689. The molecule has 0 spiro atoms. The third-order valence-corrected chi connectivity index (χ3v) is 2.07. The minimum atomic E-state index is -0.563. The van der Waals surface area contributed by atoms with Gasteiger partial charge in [-0.1, -0.05) is 6.07 Å². The minimum Gasteiger partial charge on any atom is -0.496 e. The molecule has 0 aromatic heterocycles. The maximum Gasteiger partial charge on any atom is 0.343 e. The van der Waals surface area contributed by atoms with Gasteiger partial charge in [-0.25, -0.2) is 4.79 Å². The van der Waals surface area contributed by atoms with Crippen LogP contribution in [0, 0.1) is 18.3 Å². The Labute approximate surface area is 88.0 Å². The predicted molar refractivity (Wildman–Crippen MR) is 53.8 cm³/mol. The van der Waals surface area contributed by atoms with Gasteiger partial charge in [0.2, 0.25) is 0 Å². The number of nitriles is 1. The van der Waals surface area contributed by atoms with Crippen LogP contribution < -0.4 is 4.74 Å². The van der Waals surface area contributed by atoms with Gasteiger partial charge in [-0.05, 0) is 18.6 Å². The number of benzene rings is 1. The summed E-state index contributed by atoms with van der Waals surface area (Å²) < 4.78 is 9.70. The Morgan fingerprint density at radius 1 is 1.40 bits per heavy atom. The summed E-state index contributed by atoms with van der Waals surface area (Å²) >= 11 is 0. The summed E-state index contributed by atoms with van der Waals surface area (Å²) in [4.78, 5) is 11.5. The zero-order valence-corrected chi connectivity index (χ0v) is 8.83. The van der Waals surface area contributed by atoms with E-state index in [-0.39, 0.29) is 11.1 Å². The van der Waals surface area contributed by atoms with Crippen LogP contribution in [0.3, 0.4) is 0 Å². The van der Waals surface area contributed by atoms with Crippen LogP contribution in [-0.4, -0.2) is 20.2 Å². The minimum absolute atomic E-state index is 0.183. The van der Waals surface area contributed by atoms with Crippen LogP contribution in [0.5, 0.6) is 5.75 Å². The molecule has 0 aliphatic rings. The lowest BCUT2D eigenvalue weighted by Gasteiger charge is -2.10. The summed E-state index contributed by atoms with van der Waals surface area (Å²) in [6.07, 6.45) is 0. The average Bonchev–Trinajstić information content (AvgIpc) is 2.27. The number of nitrogens with zero attached hydrogens (tertiary/aromatic N) is 1. The topological polar surface area (TPSA) is 59.3 Å². The van der Waals surface area contributed by atoms with Crippen molar-refractivity contribution in [3.05, 3.63) is 28.8 Å². The fraction of sp³-hybridized carbons (Fsp3) is 0.273. The second kappa shape index (κ2) is 4.47. The first-order valence-electron chi connectivity index (χ1n) is 4.31. The SMILES string of the molecule is COC(=O)c1c(C#N)ccc(C)c1OC. The van der Waals surface area contributed by atoms with Gasteiger partial charge >= 0.3 is 5.97 Å². The second-order valence-corrected chi connectivity index (χ2v) is 2.94. The monoisotopic (exact) mass is 205 g/mol. The molecule has 4 nitrogen and oxygen atoms in total. The van der Waals surface area contributed by atoms with Gasteiger partial charge in [-0.2, -0.15) is 5.26 Å². The number of carbonyl (C=O) groups excluding carboxylic acids is 1. The molecule has 0 fully saturated rings. The van der Waals surface area contributed by atoms with Crippen molar-refractivity contribution in [1.82, 2.24) is 0 Å². The molecule has 15 heavy (non-hydrogen) atoms. The first kappa shape index (κ1) is 11.1. The summed E-state index contributed by atoms with van der Waals surface area (Å²) in [5.41, 5.74) is 1.23. The number of rotatable bonds is 2. The molecule has 0 amide bonds. The molecule has 1 rings (SSSR count). The van der Waals surface area contributed by atoms with Crippen LogP contribution in [0.4, 0.5) is 0 Å². The fourth-order valence-electron chi connectivity index (χ4n) is 1.35. The van der Waals surface area contributed by atoms with Gasteiger partial charge in [0.25, 0.3) is 0 Å². The first-order chi connectivity index (χ1) is 7.15. The molecule has 0 aliphatic heterocycles. The van der Waals surface area contributed by atoms with Crippen molar-refractivity contribution < 1.29 is 14.3 Å². The van der Waals surface area contributed by atoms with E-state index in [2.05, 4.69) is 4.74 Å². The Morgan fingerprint density at radius 3 is 2.53 bits per heavy atom. The zero-order valence-electron chi connectivity index (χ0n) is 8.83. The molecule has 0 saturated heterocycles. The van der Waals surface area contributed by atoms with Crippen LogP contribution in [-0.2, 0) is 4.74 Å². The van der Waals surface area contributed by atoms with Crippen molar-refractivity contribution in [3.63, 3.8) is 0 Å².